The van der Waals surface area contributed by atoms with Crippen LogP contribution in [0.2, 0.25) is 5.02 Å². The van der Waals surface area contributed by atoms with Crippen molar-refractivity contribution in [2.45, 2.75) is 58.3 Å². The Morgan fingerprint density at radius 3 is 2.23 bits per heavy atom. The van der Waals surface area contributed by atoms with Gasteiger partial charge in [0.1, 0.15) is 17.8 Å². The van der Waals surface area contributed by atoms with E-state index in [9.17, 15) is 34.2 Å². The largest absolute Gasteiger partial charge is 0.508 e. The maximum Gasteiger partial charge on any atom is 0.243 e. The molecule has 0 aromatic heterocycles. The van der Waals surface area contributed by atoms with Crippen molar-refractivity contribution in [3.8, 4) is 16.9 Å². The average Bonchev–Trinajstić information content (AvgIpc) is 2.95. The van der Waals surface area contributed by atoms with E-state index in [0.29, 0.717) is 27.3 Å². The summed E-state index contributed by atoms with van der Waals surface area (Å²) in [5.74, 6) is -3.88. The lowest BCUT2D eigenvalue weighted by molar-refractivity contribution is -0.133. The summed E-state index contributed by atoms with van der Waals surface area (Å²) in [5.41, 5.74) is 18.8. The average molecular weight is 636 g/mol. The normalized spacial score (nSPS) is 18.9. The molecule has 44 heavy (non-hydrogen) atoms. The molecule has 2 aromatic carbocycles. The van der Waals surface area contributed by atoms with Gasteiger partial charge < -0.3 is 48.7 Å². The van der Waals surface area contributed by atoms with Crippen LogP contribution in [0.1, 0.15) is 32.4 Å². The molecule has 0 spiro atoms. The first-order valence-corrected chi connectivity index (χ1v) is 13.4. The van der Waals surface area contributed by atoms with Crippen LogP contribution in [0.5, 0.6) is 5.75 Å². The van der Waals surface area contributed by atoms with E-state index in [0.717, 1.165) is 0 Å². The molecule has 0 saturated heterocycles. The first kappa shape index (κ1) is 37.8. The molecule has 15 heteroatoms. The van der Waals surface area contributed by atoms with Crippen LogP contribution in [0.25, 0.3) is 11.1 Å². The van der Waals surface area contributed by atoms with Crippen LogP contribution in [0, 0.1) is 0 Å². The lowest BCUT2D eigenvalue weighted by Gasteiger charge is -2.25. The molecule has 2 aromatic rings. The molecule has 1 aliphatic heterocycles. The first-order chi connectivity index (χ1) is 19.9. The summed E-state index contributed by atoms with van der Waals surface area (Å²) >= 11 is 6.46. The van der Waals surface area contributed by atoms with Gasteiger partial charge in [-0.2, -0.15) is 0 Å². The molecular weight excluding hydrogens is 594 g/mol. The molecule has 0 fully saturated rings. The molecule has 3 rings (SSSR count). The van der Waals surface area contributed by atoms with Crippen LogP contribution in [0.4, 0.5) is 0 Å². The molecule has 0 saturated carbocycles. The molecule has 1 heterocycles. The third-order valence-electron chi connectivity index (χ3n) is 6.59. The number of primary amides is 1. The van der Waals surface area contributed by atoms with Crippen LogP contribution >= 0.6 is 11.6 Å². The zero-order chi connectivity index (χ0) is 31.0. The van der Waals surface area contributed by atoms with E-state index < -0.39 is 66.9 Å². The second kappa shape index (κ2) is 17.2. The van der Waals surface area contributed by atoms with Crippen LogP contribution in [0.3, 0.4) is 0 Å². The molecule has 1 aliphatic rings. The number of aliphatic hydroxyl groups excluding tert-OH is 1. The monoisotopic (exact) mass is 635 g/mol. The van der Waals surface area contributed by atoms with Crippen molar-refractivity contribution in [3.05, 3.63) is 52.5 Å². The molecule has 12 N–H and O–H groups in total. The molecule has 0 radical (unpaired) electrons. The highest BCUT2D eigenvalue weighted by Crippen LogP contribution is 2.30. The van der Waals surface area contributed by atoms with Crippen molar-refractivity contribution in [1.29, 1.82) is 0 Å². The van der Waals surface area contributed by atoms with Gasteiger partial charge in [0.05, 0.1) is 25.2 Å². The number of aliphatic hydroxyl groups is 1. The summed E-state index contributed by atoms with van der Waals surface area (Å²) in [7, 11) is 0. The van der Waals surface area contributed by atoms with E-state index in [-0.39, 0.29) is 46.4 Å². The van der Waals surface area contributed by atoms with Crippen molar-refractivity contribution in [2.75, 3.05) is 19.6 Å². The summed E-state index contributed by atoms with van der Waals surface area (Å²) in [4.78, 5) is 62.6. The summed E-state index contributed by atoms with van der Waals surface area (Å²) in [5, 5.41) is 30.6. The Bertz CT molecular complexity index is 1360. The number of hydrogen-bond donors (Lipinski definition) is 9. The zero-order valence-corrected chi connectivity index (χ0v) is 23.3. The minimum atomic E-state index is -1.34. The van der Waals surface area contributed by atoms with E-state index in [1.54, 1.807) is 30.3 Å². The molecule has 4 bridgehead atoms. The summed E-state index contributed by atoms with van der Waals surface area (Å²) in [6.07, 6.45) is -1.66. The SMILES string of the molecule is C.C.NC[C@H](O)C[C@@H]1NC(=O)[C@@H](N)Cc2cc(ccc2O)-c2ccc(Cl)c(c2)C[C@@H](C(=O)NCC(=O)NCC(N)=O)NC1=O. The van der Waals surface area contributed by atoms with E-state index in [1.807, 2.05) is 0 Å². The van der Waals surface area contributed by atoms with E-state index in [2.05, 4.69) is 21.3 Å². The fraction of sp³-hybridized carbons (Fsp3) is 0.414. The quantitative estimate of drug-likeness (QED) is 0.169. The maximum atomic E-state index is 13.4. The number of phenols is 1. The van der Waals surface area contributed by atoms with Gasteiger partial charge in [-0.1, -0.05) is 38.6 Å². The molecule has 0 aliphatic carbocycles. The number of halogens is 1. The molecule has 4 atom stereocenters. The van der Waals surface area contributed by atoms with Gasteiger partial charge in [-0.3, -0.25) is 24.0 Å². The number of benzene rings is 2. The Kier molecular flexibility index (Phi) is 14.7. The standard InChI is InChI=1S/C27H34ClN7O7.2CH4/c28-18-3-1-13-5-15(18)8-20(26(41)33-12-24(39)32-11-23(31)38)35-27(42)21(9-17(36)10-29)34-25(40)19(30)7-16-6-14(13)2-4-22(16)37;;/h1-6,17,19-21,36-37H,7-12,29-30H2,(H2,31,38)(H,32,39)(H,33,41)(H,34,40)(H,35,42);2*1H4/t17-,19+,20+,21+;;/m1../s1. The predicted molar refractivity (Wildman–Crippen MR) is 166 cm³/mol. The Balaban J connectivity index is 0.00000484. The number of carbonyl (C=O) groups is 5. The van der Waals surface area contributed by atoms with Gasteiger partial charge in [-0.05, 0) is 46.5 Å². The van der Waals surface area contributed by atoms with E-state index >= 15 is 0 Å². The summed E-state index contributed by atoms with van der Waals surface area (Å²) in [6, 6.07) is 6.03. The highest BCUT2D eigenvalue weighted by atomic mass is 35.5. The fourth-order valence-corrected chi connectivity index (χ4v) is 4.48. The Hall–Kier alpha value is -4.24. The molecule has 5 amide bonds. The topological polar surface area (TPSA) is 252 Å². The van der Waals surface area contributed by atoms with Gasteiger partial charge in [0.15, 0.2) is 0 Å². The van der Waals surface area contributed by atoms with Crippen molar-refractivity contribution in [3.63, 3.8) is 0 Å². The number of phenolic OH excluding ortho intramolecular Hbond substituents is 1. The van der Waals surface area contributed by atoms with Gasteiger partial charge >= 0.3 is 0 Å². The van der Waals surface area contributed by atoms with Gasteiger partial charge in [0.2, 0.25) is 29.5 Å². The van der Waals surface area contributed by atoms with E-state index in [4.69, 9.17) is 28.8 Å². The Labute approximate surface area is 261 Å². The maximum absolute atomic E-state index is 13.4. The predicted octanol–water partition coefficient (Wildman–Crippen LogP) is -1.19. The minimum absolute atomic E-state index is 0. The Morgan fingerprint density at radius 2 is 1.59 bits per heavy atom. The van der Waals surface area contributed by atoms with Gasteiger partial charge in [0, 0.05) is 30.8 Å². The molecule has 0 unspecified atom stereocenters. The van der Waals surface area contributed by atoms with Crippen molar-refractivity contribution in [2.24, 2.45) is 17.2 Å². The number of nitrogens with one attached hydrogen (secondary N) is 4. The zero-order valence-electron chi connectivity index (χ0n) is 22.6. The molecule has 242 valence electrons. The lowest BCUT2D eigenvalue weighted by Crippen LogP contribution is -2.57. The summed E-state index contributed by atoms with van der Waals surface area (Å²) < 4.78 is 0. The van der Waals surface area contributed by atoms with Gasteiger partial charge in [-0.15, -0.1) is 0 Å². The van der Waals surface area contributed by atoms with E-state index in [1.165, 1.54) is 6.07 Å². The van der Waals surface area contributed by atoms with Crippen molar-refractivity contribution >= 4 is 41.1 Å². The van der Waals surface area contributed by atoms with Crippen LogP contribution < -0.4 is 38.5 Å². The van der Waals surface area contributed by atoms with Crippen LogP contribution in [-0.2, 0) is 36.8 Å². The Morgan fingerprint density at radius 1 is 0.955 bits per heavy atom. The van der Waals surface area contributed by atoms with Crippen molar-refractivity contribution in [1.82, 2.24) is 21.3 Å². The second-order valence-electron chi connectivity index (χ2n) is 9.87. The second-order valence-corrected chi connectivity index (χ2v) is 10.3. The van der Waals surface area contributed by atoms with Crippen molar-refractivity contribution < 1.29 is 34.2 Å². The smallest absolute Gasteiger partial charge is 0.243 e. The minimum Gasteiger partial charge on any atom is -0.508 e. The van der Waals surface area contributed by atoms with Crippen LogP contribution in [0.15, 0.2) is 36.4 Å². The lowest BCUT2D eigenvalue weighted by atomic mass is 9.96. The van der Waals surface area contributed by atoms with Gasteiger partial charge in [0.25, 0.3) is 0 Å². The van der Waals surface area contributed by atoms with Gasteiger partial charge in [-0.25, -0.2) is 0 Å². The number of carbonyl (C=O) groups excluding carboxylic acids is 5. The fourth-order valence-electron chi connectivity index (χ4n) is 4.29. The third kappa shape index (κ3) is 10.5. The highest BCUT2D eigenvalue weighted by molar-refractivity contribution is 6.31. The molecule has 14 nitrogen and oxygen atoms in total. The number of aromatic hydroxyl groups is 1. The summed E-state index contributed by atoms with van der Waals surface area (Å²) in [6.45, 7) is -1.16. The number of nitrogens with two attached hydrogens (primary N) is 3. The third-order valence-corrected chi connectivity index (χ3v) is 6.96. The number of hydrogen-bond acceptors (Lipinski definition) is 9. The number of rotatable bonds is 8. The highest BCUT2D eigenvalue weighted by Gasteiger charge is 2.31. The number of amides is 5. The first-order valence-electron chi connectivity index (χ1n) is 13.1. The number of fused-ring (bicyclic) bond motifs is 5. The molecular formula is C29H42ClN7O7. The van der Waals surface area contributed by atoms with Crippen LogP contribution in [-0.4, -0.2) is 83.6 Å².